The zero-order valence-electron chi connectivity index (χ0n) is 14.0. The average Bonchev–Trinajstić information content (AvgIpc) is 2.84. The molecule has 122 valence electrons. The van der Waals surface area contributed by atoms with Gasteiger partial charge in [-0.2, -0.15) is 0 Å². The summed E-state index contributed by atoms with van der Waals surface area (Å²) in [4.78, 5) is 11.6. The summed E-state index contributed by atoms with van der Waals surface area (Å²) in [5, 5.41) is 9.50. The third kappa shape index (κ3) is 3.60. The quantitative estimate of drug-likeness (QED) is 0.747. The maximum Gasteiger partial charge on any atom is 0.352 e. The van der Waals surface area contributed by atoms with E-state index in [1.165, 1.54) is 7.11 Å². The molecule has 0 aromatic carbocycles. The number of hydrogen-bond donors (Lipinski definition) is 1. The number of aromatic carboxylic acids is 1. The van der Waals surface area contributed by atoms with Gasteiger partial charge in [0.1, 0.15) is 11.5 Å². The third-order valence-electron chi connectivity index (χ3n) is 3.59. The Morgan fingerprint density at radius 1 is 1.45 bits per heavy atom. The largest absolute Gasteiger partial charge is 0.497 e. The highest BCUT2D eigenvalue weighted by molar-refractivity contribution is 5.90. The molecule has 1 rings (SSSR count). The van der Waals surface area contributed by atoms with Gasteiger partial charge in [-0.15, -0.1) is 0 Å². The summed E-state index contributed by atoms with van der Waals surface area (Å²) >= 11 is 0. The van der Waals surface area contributed by atoms with Crippen molar-refractivity contribution in [2.75, 3.05) is 20.8 Å². The molecule has 0 atom stereocenters. The summed E-state index contributed by atoms with van der Waals surface area (Å²) in [6.07, 6.45) is 2.00. The second-order valence-electron chi connectivity index (χ2n) is 5.27. The van der Waals surface area contributed by atoms with Crippen molar-refractivity contribution in [2.24, 2.45) is 5.92 Å². The lowest BCUT2D eigenvalue weighted by molar-refractivity contribution is 0.0682. The van der Waals surface area contributed by atoms with E-state index in [1.54, 1.807) is 17.7 Å². The van der Waals surface area contributed by atoms with Crippen LogP contribution in [0.25, 0.3) is 11.3 Å². The summed E-state index contributed by atoms with van der Waals surface area (Å²) in [5.74, 6) is -0.286. The topological polar surface area (TPSA) is 60.7 Å². The van der Waals surface area contributed by atoms with Crippen molar-refractivity contribution >= 4 is 17.3 Å². The molecule has 5 nitrogen and oxygen atoms in total. The summed E-state index contributed by atoms with van der Waals surface area (Å²) < 4.78 is 12.1. The molecule has 0 saturated carbocycles. The molecule has 0 amide bonds. The van der Waals surface area contributed by atoms with Crippen LogP contribution in [-0.2, 0) is 16.0 Å². The molecule has 1 heterocycles. The number of allylic oxidation sites excluding steroid dienone is 2. The number of carboxylic acids is 1. The smallest absolute Gasteiger partial charge is 0.352 e. The van der Waals surface area contributed by atoms with Crippen LogP contribution < -0.4 is 0 Å². The first kappa shape index (κ1) is 18.0. The average molecular weight is 307 g/mol. The molecule has 0 unspecified atom stereocenters. The van der Waals surface area contributed by atoms with Gasteiger partial charge in [0, 0.05) is 19.2 Å². The number of methoxy groups -OCH3 is 2. The van der Waals surface area contributed by atoms with Crippen LogP contribution in [0.15, 0.2) is 18.7 Å². The van der Waals surface area contributed by atoms with E-state index in [2.05, 4.69) is 20.4 Å². The first-order chi connectivity index (χ1) is 10.4. The number of carboxylic acid groups (broad SMARTS) is 1. The van der Waals surface area contributed by atoms with Crippen LogP contribution in [-0.4, -0.2) is 36.5 Å². The van der Waals surface area contributed by atoms with Gasteiger partial charge >= 0.3 is 5.97 Å². The summed E-state index contributed by atoms with van der Waals surface area (Å²) in [7, 11) is 3.13. The van der Waals surface area contributed by atoms with Crippen molar-refractivity contribution in [2.45, 2.75) is 27.3 Å². The Morgan fingerprint density at radius 2 is 2.09 bits per heavy atom. The molecule has 0 saturated heterocycles. The van der Waals surface area contributed by atoms with Crippen molar-refractivity contribution in [3.63, 3.8) is 0 Å². The maximum atomic E-state index is 11.6. The Labute approximate surface area is 131 Å². The number of aromatic nitrogens is 1. The fourth-order valence-corrected chi connectivity index (χ4v) is 2.52. The second kappa shape index (κ2) is 7.84. The lowest BCUT2D eigenvalue weighted by Crippen LogP contribution is -2.15. The molecular formula is C17H25NO4. The molecule has 0 bridgehead atoms. The molecular weight excluding hydrogens is 282 g/mol. The Bertz CT molecular complexity index is 582. The van der Waals surface area contributed by atoms with E-state index in [-0.39, 0.29) is 11.6 Å². The Kier molecular flexibility index (Phi) is 6.43. The number of nitrogens with zero attached hydrogens (tertiary/aromatic N) is 1. The van der Waals surface area contributed by atoms with Gasteiger partial charge in [-0.3, -0.25) is 0 Å². The van der Waals surface area contributed by atoms with E-state index in [9.17, 15) is 9.90 Å². The zero-order chi connectivity index (χ0) is 16.9. The minimum absolute atomic E-state index is 0.209. The zero-order valence-corrected chi connectivity index (χ0v) is 14.0. The summed E-state index contributed by atoms with van der Waals surface area (Å²) in [6, 6.07) is 1.62. The van der Waals surface area contributed by atoms with Gasteiger partial charge < -0.3 is 19.1 Å². The van der Waals surface area contributed by atoms with E-state index in [0.717, 1.165) is 11.3 Å². The predicted molar refractivity (Wildman–Crippen MR) is 87.8 cm³/mol. The minimum atomic E-state index is -0.980. The molecule has 0 aliphatic heterocycles. The van der Waals surface area contributed by atoms with E-state index < -0.39 is 5.97 Å². The predicted octanol–water partition coefficient (Wildman–Crippen LogP) is 3.51. The number of ether oxygens (including phenoxy) is 2. The number of hydrogen-bond acceptors (Lipinski definition) is 3. The second-order valence-corrected chi connectivity index (χ2v) is 5.27. The summed E-state index contributed by atoms with van der Waals surface area (Å²) in [5.41, 5.74) is 2.80. The molecule has 1 aromatic rings. The molecule has 0 aliphatic rings. The highest BCUT2D eigenvalue weighted by Crippen LogP contribution is 2.33. The molecule has 0 radical (unpaired) electrons. The number of carbonyl (C=O) groups is 1. The van der Waals surface area contributed by atoms with Crippen LogP contribution in [0.5, 0.6) is 0 Å². The van der Waals surface area contributed by atoms with E-state index in [1.807, 2.05) is 13.0 Å². The van der Waals surface area contributed by atoms with Crippen molar-refractivity contribution < 1.29 is 19.4 Å². The van der Waals surface area contributed by atoms with Crippen LogP contribution in [0, 0.1) is 5.92 Å². The highest BCUT2D eigenvalue weighted by atomic mass is 16.5. The van der Waals surface area contributed by atoms with Crippen molar-refractivity contribution in [1.82, 2.24) is 4.57 Å². The lowest BCUT2D eigenvalue weighted by Gasteiger charge is -2.18. The first-order valence-electron chi connectivity index (χ1n) is 7.24. The van der Waals surface area contributed by atoms with Crippen LogP contribution in [0.1, 0.15) is 42.5 Å². The fourth-order valence-electron chi connectivity index (χ4n) is 2.52. The molecule has 0 aliphatic carbocycles. The van der Waals surface area contributed by atoms with Gasteiger partial charge in [-0.05, 0) is 24.5 Å². The third-order valence-corrected chi connectivity index (χ3v) is 3.59. The van der Waals surface area contributed by atoms with Crippen LogP contribution in [0.2, 0.25) is 0 Å². The highest BCUT2D eigenvalue weighted by Gasteiger charge is 2.24. The van der Waals surface area contributed by atoms with Gasteiger partial charge in [0.25, 0.3) is 0 Å². The van der Waals surface area contributed by atoms with Gasteiger partial charge in [0.05, 0.1) is 19.4 Å². The number of rotatable bonds is 8. The van der Waals surface area contributed by atoms with E-state index >= 15 is 0 Å². The maximum absolute atomic E-state index is 11.6. The Morgan fingerprint density at radius 3 is 2.50 bits per heavy atom. The van der Waals surface area contributed by atoms with E-state index in [0.29, 0.717) is 24.5 Å². The Balaban J connectivity index is 3.64. The normalized spacial score (nSPS) is 11.8. The van der Waals surface area contributed by atoms with Crippen LogP contribution in [0.4, 0.5) is 0 Å². The molecule has 1 N–H and O–H groups in total. The summed E-state index contributed by atoms with van der Waals surface area (Å²) in [6.45, 7) is 10.9. The Hall–Kier alpha value is -2.01. The molecule has 1 aromatic heterocycles. The van der Waals surface area contributed by atoms with Gasteiger partial charge in [0.15, 0.2) is 0 Å². The van der Waals surface area contributed by atoms with Crippen LogP contribution in [0.3, 0.4) is 0 Å². The molecule has 0 spiro atoms. The van der Waals surface area contributed by atoms with Crippen molar-refractivity contribution in [1.29, 1.82) is 0 Å². The standard InChI is InChI=1S/C17H25NO4/c1-7-13(11(2)3)16-14(12(4)22-6)10-15(17(19)20)18(16)8-9-21-5/h7,10-11H,4,8-9H2,1-3,5-6H3,(H,19,20)/b13-7-. The molecule has 22 heavy (non-hydrogen) atoms. The van der Waals surface area contributed by atoms with Gasteiger partial charge in [-0.1, -0.05) is 26.5 Å². The van der Waals surface area contributed by atoms with Crippen molar-refractivity contribution in [3.05, 3.63) is 35.7 Å². The SMILES string of the molecule is C=C(OC)c1cc(C(=O)O)n(CCOC)c1/C(=C\C)C(C)C. The van der Waals surface area contributed by atoms with Crippen LogP contribution >= 0.6 is 0 Å². The monoisotopic (exact) mass is 307 g/mol. The van der Waals surface area contributed by atoms with Gasteiger partial charge in [-0.25, -0.2) is 4.79 Å². The van der Waals surface area contributed by atoms with E-state index in [4.69, 9.17) is 9.47 Å². The first-order valence-corrected chi connectivity index (χ1v) is 7.24. The van der Waals surface area contributed by atoms with Crippen molar-refractivity contribution in [3.8, 4) is 0 Å². The minimum Gasteiger partial charge on any atom is -0.497 e. The lowest BCUT2D eigenvalue weighted by atomic mass is 9.96. The fraction of sp³-hybridized carbons (Fsp3) is 0.471. The molecule has 0 fully saturated rings. The van der Waals surface area contributed by atoms with Gasteiger partial charge in [0.2, 0.25) is 0 Å². The molecule has 5 heteroatoms.